The summed E-state index contributed by atoms with van der Waals surface area (Å²) < 4.78 is 13.4. The Hall–Kier alpha value is -1.68. The van der Waals surface area contributed by atoms with Gasteiger partial charge in [0.25, 0.3) is 0 Å². The third kappa shape index (κ3) is 2.96. The van der Waals surface area contributed by atoms with Crippen molar-refractivity contribution in [3.8, 4) is 0 Å². The van der Waals surface area contributed by atoms with Gasteiger partial charge < -0.3 is 5.73 Å². The van der Waals surface area contributed by atoms with E-state index in [2.05, 4.69) is 15.9 Å². The smallest absolute Gasteiger partial charge is 0.167 e. The molecule has 0 aromatic heterocycles. The molecule has 2 N–H and O–H groups in total. The second-order valence-corrected chi connectivity index (χ2v) is 4.83. The van der Waals surface area contributed by atoms with Crippen molar-refractivity contribution in [1.29, 1.82) is 0 Å². The van der Waals surface area contributed by atoms with Gasteiger partial charge in [0.05, 0.1) is 4.47 Å². The van der Waals surface area contributed by atoms with Crippen LogP contribution in [0.5, 0.6) is 0 Å². The average Bonchev–Trinajstić information content (AvgIpc) is 2.34. The van der Waals surface area contributed by atoms with E-state index in [9.17, 15) is 9.18 Å². The Balaban J connectivity index is 2.18. The Bertz CT molecular complexity index is 598. The Labute approximate surface area is 113 Å². The normalized spacial score (nSPS) is 10.3. The number of carbonyl (C=O) groups excluding carboxylic acids is 1. The molecule has 4 heteroatoms. The number of Topliss-reactive ketones (excluding diaryl/α,β-unsaturated/α-hetero) is 1. The fourth-order valence-corrected chi connectivity index (χ4v) is 2.08. The lowest BCUT2D eigenvalue weighted by atomic mass is 10.0. The molecule has 0 atom stereocenters. The van der Waals surface area contributed by atoms with Gasteiger partial charge in [0.15, 0.2) is 5.78 Å². The van der Waals surface area contributed by atoms with E-state index < -0.39 is 0 Å². The lowest BCUT2D eigenvalue weighted by molar-refractivity contribution is 0.0993. The van der Waals surface area contributed by atoms with Crippen LogP contribution in [0.2, 0.25) is 0 Å². The standard InChI is InChI=1S/C14H11BrFNO/c15-12-6-9(4-5-13(12)16)7-14(18)10-2-1-3-11(17)8-10/h1-6,8H,7,17H2. The molecule has 0 aliphatic heterocycles. The minimum Gasteiger partial charge on any atom is -0.399 e. The van der Waals surface area contributed by atoms with Gasteiger partial charge in [0.1, 0.15) is 5.82 Å². The number of rotatable bonds is 3. The average molecular weight is 308 g/mol. The van der Waals surface area contributed by atoms with Crippen LogP contribution in [0.4, 0.5) is 10.1 Å². The number of benzene rings is 2. The van der Waals surface area contributed by atoms with Gasteiger partial charge in [-0.15, -0.1) is 0 Å². The second kappa shape index (κ2) is 5.31. The number of carbonyl (C=O) groups is 1. The van der Waals surface area contributed by atoms with Crippen molar-refractivity contribution in [2.24, 2.45) is 0 Å². The molecule has 0 aliphatic carbocycles. The van der Waals surface area contributed by atoms with Gasteiger partial charge in [-0.3, -0.25) is 4.79 Å². The molecule has 0 saturated heterocycles. The van der Waals surface area contributed by atoms with E-state index in [1.165, 1.54) is 6.07 Å². The highest BCUT2D eigenvalue weighted by Crippen LogP contribution is 2.18. The van der Waals surface area contributed by atoms with Crippen molar-refractivity contribution in [2.45, 2.75) is 6.42 Å². The molecule has 0 aliphatic rings. The van der Waals surface area contributed by atoms with E-state index >= 15 is 0 Å². The van der Waals surface area contributed by atoms with E-state index in [1.54, 1.807) is 36.4 Å². The zero-order valence-corrected chi connectivity index (χ0v) is 11.1. The fraction of sp³-hybridized carbons (Fsp3) is 0.0714. The molecule has 0 radical (unpaired) electrons. The molecule has 0 bridgehead atoms. The molecule has 0 unspecified atom stereocenters. The summed E-state index contributed by atoms with van der Waals surface area (Å²) in [6, 6.07) is 11.4. The summed E-state index contributed by atoms with van der Waals surface area (Å²) in [6.07, 6.45) is 0.225. The first-order chi connectivity index (χ1) is 8.56. The fourth-order valence-electron chi connectivity index (χ4n) is 1.65. The van der Waals surface area contributed by atoms with Gasteiger partial charge in [0.2, 0.25) is 0 Å². The quantitative estimate of drug-likeness (QED) is 0.695. The maximum absolute atomic E-state index is 13.1. The Morgan fingerprint density at radius 1 is 1.22 bits per heavy atom. The molecule has 2 aromatic rings. The molecule has 0 spiro atoms. The summed E-state index contributed by atoms with van der Waals surface area (Å²) in [5.41, 5.74) is 7.51. The maximum atomic E-state index is 13.1. The molecule has 92 valence electrons. The third-order valence-corrected chi connectivity index (χ3v) is 3.16. The first-order valence-electron chi connectivity index (χ1n) is 5.39. The highest BCUT2D eigenvalue weighted by atomic mass is 79.9. The number of hydrogen-bond acceptors (Lipinski definition) is 2. The van der Waals surface area contributed by atoms with Gasteiger partial charge in [-0.05, 0) is 45.8 Å². The molecule has 0 amide bonds. The topological polar surface area (TPSA) is 43.1 Å². The number of hydrogen-bond donors (Lipinski definition) is 1. The molecular weight excluding hydrogens is 297 g/mol. The number of ketones is 1. The first-order valence-corrected chi connectivity index (χ1v) is 6.18. The summed E-state index contributed by atoms with van der Waals surface area (Å²) in [6.45, 7) is 0. The molecule has 2 aromatic carbocycles. The summed E-state index contributed by atoms with van der Waals surface area (Å²) in [4.78, 5) is 12.0. The van der Waals surface area contributed by atoms with Crippen molar-refractivity contribution in [3.63, 3.8) is 0 Å². The predicted molar refractivity (Wildman–Crippen MR) is 73.0 cm³/mol. The van der Waals surface area contributed by atoms with Crippen molar-refractivity contribution in [1.82, 2.24) is 0 Å². The predicted octanol–water partition coefficient (Wildman–Crippen LogP) is 3.60. The van der Waals surface area contributed by atoms with Gasteiger partial charge in [0, 0.05) is 17.7 Å². The van der Waals surface area contributed by atoms with Crippen LogP contribution in [-0.2, 0) is 6.42 Å². The van der Waals surface area contributed by atoms with Crippen LogP contribution in [0.15, 0.2) is 46.9 Å². The highest BCUT2D eigenvalue weighted by Gasteiger charge is 2.08. The van der Waals surface area contributed by atoms with E-state index in [-0.39, 0.29) is 18.0 Å². The van der Waals surface area contributed by atoms with Crippen LogP contribution >= 0.6 is 15.9 Å². The van der Waals surface area contributed by atoms with Crippen LogP contribution in [-0.4, -0.2) is 5.78 Å². The second-order valence-electron chi connectivity index (χ2n) is 3.97. The lowest BCUT2D eigenvalue weighted by Gasteiger charge is -2.04. The SMILES string of the molecule is Nc1cccc(C(=O)Cc2ccc(F)c(Br)c2)c1. The van der Waals surface area contributed by atoms with Gasteiger partial charge in [-0.2, -0.15) is 0 Å². The molecule has 0 fully saturated rings. The zero-order chi connectivity index (χ0) is 13.1. The van der Waals surface area contributed by atoms with Crippen LogP contribution in [0.1, 0.15) is 15.9 Å². The van der Waals surface area contributed by atoms with E-state index in [1.807, 2.05) is 0 Å². The number of halogens is 2. The minimum absolute atomic E-state index is 0.0409. The van der Waals surface area contributed by atoms with Crippen molar-refractivity contribution >= 4 is 27.4 Å². The minimum atomic E-state index is -0.338. The summed E-state index contributed by atoms with van der Waals surface area (Å²) in [5, 5.41) is 0. The lowest BCUT2D eigenvalue weighted by Crippen LogP contribution is -2.04. The van der Waals surface area contributed by atoms with E-state index in [0.29, 0.717) is 15.7 Å². The molecule has 0 saturated carbocycles. The van der Waals surface area contributed by atoms with Gasteiger partial charge in [-0.1, -0.05) is 18.2 Å². The largest absolute Gasteiger partial charge is 0.399 e. The van der Waals surface area contributed by atoms with Crippen molar-refractivity contribution < 1.29 is 9.18 Å². The zero-order valence-electron chi connectivity index (χ0n) is 9.49. The number of nitrogens with two attached hydrogens (primary N) is 1. The summed E-state index contributed by atoms with van der Waals surface area (Å²) >= 11 is 3.10. The highest BCUT2D eigenvalue weighted by molar-refractivity contribution is 9.10. The third-order valence-electron chi connectivity index (χ3n) is 2.56. The Morgan fingerprint density at radius 3 is 2.67 bits per heavy atom. The summed E-state index contributed by atoms with van der Waals surface area (Å²) in [7, 11) is 0. The van der Waals surface area contributed by atoms with Crippen LogP contribution < -0.4 is 5.73 Å². The van der Waals surface area contributed by atoms with Gasteiger partial charge >= 0.3 is 0 Å². The van der Waals surface area contributed by atoms with Crippen molar-refractivity contribution in [3.05, 3.63) is 63.9 Å². The number of nitrogen functional groups attached to an aromatic ring is 1. The van der Waals surface area contributed by atoms with Crippen LogP contribution in [0, 0.1) is 5.82 Å². The number of anilines is 1. The Morgan fingerprint density at radius 2 is 2.00 bits per heavy atom. The monoisotopic (exact) mass is 307 g/mol. The molecule has 0 heterocycles. The molecule has 18 heavy (non-hydrogen) atoms. The first kappa shape index (κ1) is 12.8. The molecule has 2 nitrogen and oxygen atoms in total. The van der Waals surface area contributed by atoms with Gasteiger partial charge in [-0.25, -0.2) is 4.39 Å². The molecular formula is C14H11BrFNO. The van der Waals surface area contributed by atoms with Crippen LogP contribution in [0.25, 0.3) is 0 Å². The Kier molecular flexibility index (Phi) is 3.77. The molecule has 2 rings (SSSR count). The van der Waals surface area contributed by atoms with E-state index in [0.717, 1.165) is 5.56 Å². The van der Waals surface area contributed by atoms with E-state index in [4.69, 9.17) is 5.73 Å². The van der Waals surface area contributed by atoms with Crippen LogP contribution in [0.3, 0.4) is 0 Å². The summed E-state index contributed by atoms with van der Waals surface area (Å²) in [5.74, 6) is -0.379. The maximum Gasteiger partial charge on any atom is 0.167 e. The van der Waals surface area contributed by atoms with Crippen molar-refractivity contribution in [2.75, 3.05) is 5.73 Å².